The highest BCUT2D eigenvalue weighted by Crippen LogP contribution is 2.29. The summed E-state index contributed by atoms with van der Waals surface area (Å²) >= 11 is 7.30. The van der Waals surface area contributed by atoms with Crippen molar-refractivity contribution in [3.8, 4) is 22.2 Å². The number of rotatable bonds is 4. The van der Waals surface area contributed by atoms with Gasteiger partial charge in [0.15, 0.2) is 0 Å². The number of amides is 1. The number of ether oxygens (including phenoxy) is 1. The minimum atomic E-state index is 0.0801. The van der Waals surface area contributed by atoms with Gasteiger partial charge in [-0.2, -0.15) is 0 Å². The van der Waals surface area contributed by atoms with E-state index in [0.717, 1.165) is 42.1 Å². The Hall–Kier alpha value is -2.90. The lowest BCUT2D eigenvalue weighted by Gasteiger charge is -2.15. The summed E-state index contributed by atoms with van der Waals surface area (Å²) in [5.74, 6) is 0.717. The van der Waals surface area contributed by atoms with Crippen LogP contribution in [0.25, 0.3) is 16.2 Å². The molecular formula is C21H17ClN4O2S. The summed E-state index contributed by atoms with van der Waals surface area (Å²) in [7, 11) is 0. The average molecular weight is 425 g/mol. The van der Waals surface area contributed by atoms with Crippen LogP contribution in [0.2, 0.25) is 5.02 Å². The van der Waals surface area contributed by atoms with Gasteiger partial charge in [-0.25, -0.2) is 9.50 Å². The summed E-state index contributed by atoms with van der Waals surface area (Å²) in [5, 5.41) is 5.63. The maximum Gasteiger partial charge on any atom is 0.299 e. The Labute approximate surface area is 176 Å². The van der Waals surface area contributed by atoms with Crippen molar-refractivity contribution in [3.05, 3.63) is 65.3 Å². The summed E-state index contributed by atoms with van der Waals surface area (Å²) in [4.78, 5) is 19.7. The Bertz CT molecular complexity index is 1130. The standard InChI is InChI=1S/C21H17ClN4O2S/c22-16-7-3-14(4-8-16)18-13-26-20(23-18)29-21(24-26)28-17-9-5-15(6-10-17)19(27)25-11-1-2-12-25/h3-10,13H,1-2,11-12H2. The van der Waals surface area contributed by atoms with E-state index in [1.165, 1.54) is 11.3 Å². The number of carbonyl (C=O) groups excluding carboxylic acids is 1. The van der Waals surface area contributed by atoms with Gasteiger partial charge < -0.3 is 9.64 Å². The molecule has 3 heterocycles. The number of nitrogens with zero attached hydrogens (tertiary/aromatic N) is 4. The molecule has 2 aromatic heterocycles. The Morgan fingerprint density at radius 3 is 2.45 bits per heavy atom. The van der Waals surface area contributed by atoms with Crippen LogP contribution >= 0.6 is 22.9 Å². The lowest BCUT2D eigenvalue weighted by Crippen LogP contribution is -2.27. The number of benzene rings is 2. The molecule has 4 aromatic rings. The Kier molecular flexibility index (Phi) is 4.69. The van der Waals surface area contributed by atoms with Crippen LogP contribution in [0.5, 0.6) is 10.9 Å². The van der Waals surface area contributed by atoms with Crippen LogP contribution in [0.15, 0.2) is 54.7 Å². The SMILES string of the molecule is O=C(c1ccc(Oc2nn3cc(-c4ccc(Cl)cc4)nc3s2)cc1)N1CCCC1. The smallest absolute Gasteiger partial charge is 0.299 e. The van der Waals surface area contributed by atoms with Crippen molar-refractivity contribution in [2.75, 3.05) is 13.1 Å². The van der Waals surface area contributed by atoms with Gasteiger partial charge in [-0.05, 0) is 60.6 Å². The minimum Gasteiger partial charge on any atom is -0.430 e. The van der Waals surface area contributed by atoms with Crippen molar-refractivity contribution in [1.82, 2.24) is 19.5 Å². The molecule has 5 rings (SSSR count). The van der Waals surface area contributed by atoms with E-state index < -0.39 is 0 Å². The second-order valence-corrected chi connectivity index (χ2v) is 8.21. The molecule has 146 valence electrons. The van der Waals surface area contributed by atoms with Gasteiger partial charge in [0, 0.05) is 29.2 Å². The first-order chi connectivity index (χ1) is 14.2. The second kappa shape index (κ2) is 7.50. The van der Waals surface area contributed by atoms with E-state index in [-0.39, 0.29) is 5.91 Å². The molecule has 1 aliphatic rings. The third kappa shape index (κ3) is 3.71. The molecule has 29 heavy (non-hydrogen) atoms. The topological polar surface area (TPSA) is 59.7 Å². The maximum atomic E-state index is 12.4. The molecule has 0 spiro atoms. The van der Waals surface area contributed by atoms with Gasteiger partial charge >= 0.3 is 0 Å². The summed E-state index contributed by atoms with van der Waals surface area (Å²) in [6.45, 7) is 1.68. The average Bonchev–Trinajstić information content (AvgIpc) is 3.45. The highest BCUT2D eigenvalue weighted by atomic mass is 35.5. The van der Waals surface area contributed by atoms with Crippen LogP contribution in [-0.4, -0.2) is 38.5 Å². The van der Waals surface area contributed by atoms with Gasteiger partial charge in [-0.1, -0.05) is 23.7 Å². The highest BCUT2D eigenvalue weighted by Gasteiger charge is 2.19. The van der Waals surface area contributed by atoms with Gasteiger partial charge in [0.05, 0.1) is 11.9 Å². The first-order valence-electron chi connectivity index (χ1n) is 9.35. The van der Waals surface area contributed by atoms with Gasteiger partial charge in [0.2, 0.25) is 4.96 Å². The summed E-state index contributed by atoms with van der Waals surface area (Å²) in [5.41, 5.74) is 2.49. The van der Waals surface area contributed by atoms with Crippen molar-refractivity contribution in [2.45, 2.75) is 12.8 Å². The molecule has 0 atom stereocenters. The molecule has 0 unspecified atom stereocenters. The number of hydrogen-bond donors (Lipinski definition) is 0. The zero-order valence-corrected chi connectivity index (χ0v) is 17.0. The third-order valence-corrected chi connectivity index (χ3v) is 5.92. The fourth-order valence-corrected chi connectivity index (χ4v) is 4.23. The van der Waals surface area contributed by atoms with Crippen molar-refractivity contribution in [1.29, 1.82) is 0 Å². The molecule has 2 aromatic carbocycles. The lowest BCUT2D eigenvalue weighted by atomic mass is 10.2. The van der Waals surface area contributed by atoms with E-state index in [1.54, 1.807) is 28.8 Å². The van der Waals surface area contributed by atoms with Gasteiger partial charge in [-0.3, -0.25) is 4.79 Å². The lowest BCUT2D eigenvalue weighted by molar-refractivity contribution is 0.0793. The number of aromatic nitrogens is 3. The van der Waals surface area contributed by atoms with E-state index in [2.05, 4.69) is 10.1 Å². The fraction of sp³-hybridized carbons (Fsp3) is 0.190. The van der Waals surface area contributed by atoms with E-state index >= 15 is 0 Å². The molecule has 0 N–H and O–H groups in total. The van der Waals surface area contributed by atoms with Crippen LogP contribution in [0.4, 0.5) is 0 Å². The zero-order chi connectivity index (χ0) is 19.8. The van der Waals surface area contributed by atoms with Crippen LogP contribution in [0.3, 0.4) is 0 Å². The van der Waals surface area contributed by atoms with Crippen LogP contribution in [0.1, 0.15) is 23.2 Å². The first-order valence-corrected chi connectivity index (χ1v) is 10.5. The number of carbonyl (C=O) groups is 1. The molecule has 1 saturated heterocycles. The molecule has 1 amide bonds. The quantitative estimate of drug-likeness (QED) is 0.455. The van der Waals surface area contributed by atoms with Gasteiger partial charge in [0.1, 0.15) is 5.75 Å². The van der Waals surface area contributed by atoms with E-state index in [9.17, 15) is 4.79 Å². The number of imidazole rings is 1. The fourth-order valence-electron chi connectivity index (χ4n) is 3.35. The Morgan fingerprint density at radius 2 is 1.76 bits per heavy atom. The van der Waals surface area contributed by atoms with E-state index in [4.69, 9.17) is 16.3 Å². The van der Waals surface area contributed by atoms with Gasteiger partial charge in [-0.15, -0.1) is 5.10 Å². The Balaban J connectivity index is 1.30. The van der Waals surface area contributed by atoms with E-state index in [0.29, 0.717) is 21.5 Å². The Morgan fingerprint density at radius 1 is 1.03 bits per heavy atom. The molecule has 0 saturated carbocycles. The molecular weight excluding hydrogens is 408 g/mol. The number of fused-ring (bicyclic) bond motifs is 1. The van der Waals surface area contributed by atoms with Gasteiger partial charge in [0.25, 0.3) is 11.1 Å². The van der Waals surface area contributed by atoms with Crippen molar-refractivity contribution >= 4 is 33.8 Å². The monoisotopic (exact) mass is 424 g/mol. The molecule has 6 nitrogen and oxygen atoms in total. The molecule has 1 aliphatic heterocycles. The number of halogens is 1. The normalized spacial score (nSPS) is 13.9. The molecule has 1 fully saturated rings. The highest BCUT2D eigenvalue weighted by molar-refractivity contribution is 7.18. The largest absolute Gasteiger partial charge is 0.430 e. The third-order valence-electron chi connectivity index (χ3n) is 4.86. The second-order valence-electron chi connectivity index (χ2n) is 6.85. The predicted molar refractivity (Wildman–Crippen MR) is 113 cm³/mol. The number of likely N-dealkylation sites (tertiary alicyclic amines) is 1. The maximum absolute atomic E-state index is 12.4. The molecule has 0 aliphatic carbocycles. The zero-order valence-electron chi connectivity index (χ0n) is 15.4. The van der Waals surface area contributed by atoms with Crippen LogP contribution in [-0.2, 0) is 0 Å². The van der Waals surface area contributed by atoms with Crippen molar-refractivity contribution in [3.63, 3.8) is 0 Å². The minimum absolute atomic E-state index is 0.0801. The van der Waals surface area contributed by atoms with Crippen molar-refractivity contribution in [2.24, 2.45) is 0 Å². The molecule has 0 radical (unpaired) electrons. The molecule has 0 bridgehead atoms. The van der Waals surface area contributed by atoms with Crippen molar-refractivity contribution < 1.29 is 9.53 Å². The predicted octanol–water partition coefficient (Wildman–Crippen LogP) is 5.14. The summed E-state index contributed by atoms with van der Waals surface area (Å²) < 4.78 is 7.55. The van der Waals surface area contributed by atoms with E-state index in [1.807, 2.05) is 35.4 Å². The first kappa shape index (κ1) is 18.1. The number of hydrogen-bond acceptors (Lipinski definition) is 5. The summed E-state index contributed by atoms with van der Waals surface area (Å²) in [6.07, 6.45) is 4.02. The van der Waals surface area contributed by atoms with Crippen LogP contribution < -0.4 is 4.74 Å². The van der Waals surface area contributed by atoms with Crippen LogP contribution in [0, 0.1) is 0 Å². The summed E-state index contributed by atoms with van der Waals surface area (Å²) in [6, 6.07) is 14.7. The molecule has 8 heteroatoms.